The maximum atomic E-state index is 11.5. The zero-order valence-corrected chi connectivity index (χ0v) is 11.3. The number of carbonyl (C=O) groups is 2. The number of carbonyl (C=O) groups excluding carboxylic acids is 2. The zero-order chi connectivity index (χ0) is 13.2. The van der Waals surface area contributed by atoms with Crippen LogP contribution in [0.1, 0.15) is 45.4 Å². The Labute approximate surface area is 109 Å². The maximum Gasteiger partial charge on any atom is 0.239 e. The minimum absolute atomic E-state index is 0.0333. The van der Waals surface area contributed by atoms with Gasteiger partial charge in [0, 0.05) is 19.0 Å². The predicted molar refractivity (Wildman–Crippen MR) is 71.2 cm³/mol. The van der Waals surface area contributed by atoms with Crippen LogP contribution < -0.4 is 16.0 Å². The fourth-order valence-electron chi connectivity index (χ4n) is 2.07. The number of amides is 2. The van der Waals surface area contributed by atoms with E-state index in [4.69, 9.17) is 0 Å². The van der Waals surface area contributed by atoms with Crippen LogP contribution in [0, 0.1) is 0 Å². The van der Waals surface area contributed by atoms with Crippen LogP contribution in [0.4, 0.5) is 0 Å². The largest absolute Gasteiger partial charge is 0.355 e. The van der Waals surface area contributed by atoms with Gasteiger partial charge in [0.25, 0.3) is 0 Å². The molecule has 1 aliphatic rings. The van der Waals surface area contributed by atoms with Gasteiger partial charge in [-0.2, -0.15) is 0 Å². The zero-order valence-electron chi connectivity index (χ0n) is 11.3. The summed E-state index contributed by atoms with van der Waals surface area (Å²) < 4.78 is 0. The molecule has 0 spiro atoms. The Morgan fingerprint density at radius 3 is 2.72 bits per heavy atom. The second-order valence-electron chi connectivity index (χ2n) is 4.81. The van der Waals surface area contributed by atoms with E-state index < -0.39 is 0 Å². The first kappa shape index (κ1) is 15.0. The molecule has 1 saturated heterocycles. The van der Waals surface area contributed by atoms with E-state index in [1.54, 1.807) is 0 Å². The van der Waals surface area contributed by atoms with Crippen molar-refractivity contribution >= 4 is 11.8 Å². The molecule has 0 saturated carbocycles. The molecule has 0 bridgehead atoms. The number of hydrogen-bond donors (Lipinski definition) is 3. The van der Waals surface area contributed by atoms with Crippen LogP contribution in [0.5, 0.6) is 0 Å². The lowest BCUT2D eigenvalue weighted by Gasteiger charge is -2.22. The Morgan fingerprint density at radius 1 is 1.22 bits per heavy atom. The first-order valence-corrected chi connectivity index (χ1v) is 6.99. The van der Waals surface area contributed by atoms with Crippen molar-refractivity contribution in [2.45, 2.75) is 51.5 Å². The van der Waals surface area contributed by atoms with Crippen LogP contribution in [0.3, 0.4) is 0 Å². The third-order valence-electron chi connectivity index (χ3n) is 3.15. The van der Waals surface area contributed by atoms with Gasteiger partial charge in [0.2, 0.25) is 11.8 Å². The third kappa shape index (κ3) is 6.59. The van der Waals surface area contributed by atoms with Crippen LogP contribution in [0.15, 0.2) is 0 Å². The van der Waals surface area contributed by atoms with E-state index in [1.807, 2.05) is 6.92 Å². The fraction of sp³-hybridized carbons (Fsp3) is 0.846. The lowest BCUT2D eigenvalue weighted by atomic mass is 10.0. The van der Waals surface area contributed by atoms with Crippen molar-refractivity contribution in [1.82, 2.24) is 16.0 Å². The third-order valence-corrected chi connectivity index (χ3v) is 3.15. The molecule has 5 nitrogen and oxygen atoms in total. The van der Waals surface area contributed by atoms with Crippen LogP contribution >= 0.6 is 0 Å². The van der Waals surface area contributed by atoms with E-state index in [0.29, 0.717) is 19.0 Å². The van der Waals surface area contributed by atoms with E-state index >= 15 is 0 Å². The molecule has 0 aromatic carbocycles. The molecule has 1 rings (SSSR count). The molecule has 1 unspecified atom stereocenters. The normalized spacial score (nSPS) is 19.3. The van der Waals surface area contributed by atoms with Crippen molar-refractivity contribution in [3.8, 4) is 0 Å². The molecule has 104 valence electrons. The molecule has 18 heavy (non-hydrogen) atoms. The van der Waals surface area contributed by atoms with Crippen LogP contribution in [-0.4, -0.2) is 37.5 Å². The minimum Gasteiger partial charge on any atom is -0.355 e. The summed E-state index contributed by atoms with van der Waals surface area (Å²) >= 11 is 0. The van der Waals surface area contributed by atoms with E-state index in [-0.39, 0.29) is 18.4 Å². The quantitative estimate of drug-likeness (QED) is 0.622. The summed E-state index contributed by atoms with van der Waals surface area (Å²) in [5, 5.41) is 8.79. The second kappa shape index (κ2) is 8.91. The monoisotopic (exact) mass is 255 g/mol. The lowest BCUT2D eigenvalue weighted by molar-refractivity contribution is -0.126. The van der Waals surface area contributed by atoms with Gasteiger partial charge in [0.15, 0.2) is 0 Å². The van der Waals surface area contributed by atoms with E-state index in [9.17, 15) is 9.59 Å². The summed E-state index contributed by atoms with van der Waals surface area (Å²) in [5.41, 5.74) is 0. The SMILES string of the molecule is CCCNC(=O)CNC(=O)CCC1CCCCN1. The molecule has 1 fully saturated rings. The number of hydrogen-bond acceptors (Lipinski definition) is 3. The van der Waals surface area contributed by atoms with Crippen LogP contribution in [0.2, 0.25) is 0 Å². The maximum absolute atomic E-state index is 11.5. The first-order valence-electron chi connectivity index (χ1n) is 6.99. The van der Waals surface area contributed by atoms with Gasteiger partial charge in [-0.3, -0.25) is 9.59 Å². The van der Waals surface area contributed by atoms with E-state index in [0.717, 1.165) is 25.8 Å². The molecule has 2 amide bonds. The molecular weight excluding hydrogens is 230 g/mol. The van der Waals surface area contributed by atoms with Gasteiger partial charge in [0.05, 0.1) is 6.54 Å². The van der Waals surface area contributed by atoms with Crippen LogP contribution in [0.25, 0.3) is 0 Å². The Kier molecular flexibility index (Phi) is 7.41. The van der Waals surface area contributed by atoms with Crippen molar-refractivity contribution < 1.29 is 9.59 Å². The molecule has 5 heteroatoms. The van der Waals surface area contributed by atoms with Crippen LogP contribution in [-0.2, 0) is 9.59 Å². The highest BCUT2D eigenvalue weighted by molar-refractivity contribution is 5.84. The Bertz CT molecular complexity index is 263. The number of nitrogens with one attached hydrogen (secondary N) is 3. The fourth-order valence-corrected chi connectivity index (χ4v) is 2.07. The molecule has 1 aliphatic heterocycles. The Morgan fingerprint density at radius 2 is 2.06 bits per heavy atom. The molecule has 0 aromatic heterocycles. The standard InChI is InChI=1S/C13H25N3O2/c1-2-8-15-13(18)10-16-12(17)7-6-11-5-3-4-9-14-11/h11,14H,2-10H2,1H3,(H,15,18)(H,16,17). The van der Waals surface area contributed by atoms with Gasteiger partial charge < -0.3 is 16.0 Å². The van der Waals surface area contributed by atoms with Crippen molar-refractivity contribution in [2.24, 2.45) is 0 Å². The Hall–Kier alpha value is -1.10. The van der Waals surface area contributed by atoms with Crippen molar-refractivity contribution in [3.05, 3.63) is 0 Å². The molecule has 1 atom stereocenters. The highest BCUT2D eigenvalue weighted by Crippen LogP contribution is 2.11. The molecule has 1 heterocycles. The summed E-state index contributed by atoms with van der Waals surface area (Å²) in [6, 6.07) is 0.471. The van der Waals surface area contributed by atoms with Crippen molar-refractivity contribution in [2.75, 3.05) is 19.6 Å². The summed E-state index contributed by atoms with van der Waals surface area (Å²) in [5.74, 6) is -0.144. The molecule has 0 aliphatic carbocycles. The summed E-state index contributed by atoms with van der Waals surface area (Å²) in [6.07, 6.45) is 5.91. The van der Waals surface area contributed by atoms with Gasteiger partial charge in [-0.05, 0) is 32.2 Å². The van der Waals surface area contributed by atoms with Crippen molar-refractivity contribution in [3.63, 3.8) is 0 Å². The van der Waals surface area contributed by atoms with E-state index in [1.165, 1.54) is 12.8 Å². The molecule has 3 N–H and O–H groups in total. The summed E-state index contributed by atoms with van der Waals surface area (Å²) in [6.45, 7) is 3.82. The second-order valence-corrected chi connectivity index (χ2v) is 4.81. The highest BCUT2D eigenvalue weighted by Gasteiger charge is 2.14. The molecule has 0 aromatic rings. The number of piperidine rings is 1. The summed E-state index contributed by atoms with van der Waals surface area (Å²) in [4.78, 5) is 22.8. The smallest absolute Gasteiger partial charge is 0.239 e. The van der Waals surface area contributed by atoms with Gasteiger partial charge in [-0.1, -0.05) is 13.3 Å². The topological polar surface area (TPSA) is 70.2 Å². The highest BCUT2D eigenvalue weighted by atomic mass is 16.2. The predicted octanol–water partition coefficient (Wildman–Crippen LogP) is 0.551. The van der Waals surface area contributed by atoms with Crippen molar-refractivity contribution in [1.29, 1.82) is 0 Å². The van der Waals surface area contributed by atoms with Gasteiger partial charge >= 0.3 is 0 Å². The average Bonchev–Trinajstić information content (AvgIpc) is 2.41. The lowest BCUT2D eigenvalue weighted by Crippen LogP contribution is -2.38. The number of rotatable bonds is 7. The van der Waals surface area contributed by atoms with Gasteiger partial charge in [-0.25, -0.2) is 0 Å². The Balaban J connectivity index is 2.04. The van der Waals surface area contributed by atoms with Gasteiger partial charge in [0.1, 0.15) is 0 Å². The van der Waals surface area contributed by atoms with E-state index in [2.05, 4.69) is 16.0 Å². The average molecular weight is 255 g/mol. The molecule has 0 radical (unpaired) electrons. The first-order chi connectivity index (χ1) is 8.72. The minimum atomic E-state index is -0.110. The van der Waals surface area contributed by atoms with Gasteiger partial charge in [-0.15, -0.1) is 0 Å². The molecular formula is C13H25N3O2. The summed E-state index contributed by atoms with van der Waals surface area (Å²) in [7, 11) is 0.